The molecular formula is C20H24ClN2O2S+. The molecule has 1 fully saturated rings. The van der Waals surface area contributed by atoms with Gasteiger partial charge in [-0.1, -0.05) is 11.6 Å². The Bertz CT molecular complexity index is 757. The van der Waals surface area contributed by atoms with E-state index < -0.39 is 0 Å². The molecule has 138 valence electrons. The molecule has 2 aliphatic rings. The van der Waals surface area contributed by atoms with Gasteiger partial charge in [0.05, 0.1) is 13.1 Å². The van der Waals surface area contributed by atoms with Crippen molar-refractivity contribution >= 4 is 28.8 Å². The number of hydrogen-bond acceptors (Lipinski definition) is 3. The fourth-order valence-electron chi connectivity index (χ4n) is 3.85. The summed E-state index contributed by atoms with van der Waals surface area (Å²) in [4.78, 5) is 15.4. The summed E-state index contributed by atoms with van der Waals surface area (Å²) in [5, 5.41) is 5.90. The number of ether oxygens (including phenoxy) is 1. The Morgan fingerprint density at radius 1 is 1.27 bits per heavy atom. The van der Waals surface area contributed by atoms with Crippen molar-refractivity contribution in [1.29, 1.82) is 0 Å². The first-order valence-corrected chi connectivity index (χ1v) is 10.5. The minimum Gasteiger partial charge on any atom is -0.492 e. The SMILES string of the molecule is O=C(C[NH+]1CCc2sccc2[C@@H]1C1CC1)NCCOc1ccc(Cl)cc1. The topological polar surface area (TPSA) is 42.8 Å². The third-order valence-corrected chi connectivity index (χ3v) is 6.46. The van der Waals surface area contributed by atoms with Gasteiger partial charge in [-0.25, -0.2) is 0 Å². The lowest BCUT2D eigenvalue weighted by Crippen LogP contribution is -3.14. The first-order valence-electron chi connectivity index (χ1n) is 9.26. The van der Waals surface area contributed by atoms with Gasteiger partial charge < -0.3 is 15.0 Å². The Kier molecular flexibility index (Phi) is 5.48. The van der Waals surface area contributed by atoms with E-state index >= 15 is 0 Å². The zero-order chi connectivity index (χ0) is 17.9. The van der Waals surface area contributed by atoms with Crippen LogP contribution in [0.4, 0.5) is 0 Å². The van der Waals surface area contributed by atoms with Gasteiger partial charge in [0, 0.05) is 27.8 Å². The van der Waals surface area contributed by atoms with Gasteiger partial charge in [0.25, 0.3) is 5.91 Å². The van der Waals surface area contributed by atoms with Gasteiger partial charge in [0.2, 0.25) is 0 Å². The molecule has 1 aromatic carbocycles. The number of carbonyl (C=O) groups is 1. The second-order valence-corrected chi connectivity index (χ2v) is 8.54. The normalized spacial score (nSPS) is 21.9. The summed E-state index contributed by atoms with van der Waals surface area (Å²) in [5.41, 5.74) is 1.50. The van der Waals surface area contributed by atoms with Gasteiger partial charge in [-0.05, 0) is 48.6 Å². The molecule has 2 N–H and O–H groups in total. The maximum Gasteiger partial charge on any atom is 0.275 e. The van der Waals surface area contributed by atoms with Gasteiger partial charge in [0.1, 0.15) is 18.4 Å². The first-order chi connectivity index (χ1) is 12.7. The van der Waals surface area contributed by atoms with Crippen LogP contribution in [0.3, 0.4) is 0 Å². The molecule has 4 nitrogen and oxygen atoms in total. The molecule has 1 unspecified atom stereocenters. The Morgan fingerprint density at radius 3 is 2.85 bits per heavy atom. The Morgan fingerprint density at radius 2 is 2.08 bits per heavy atom. The quantitative estimate of drug-likeness (QED) is 0.712. The maximum atomic E-state index is 12.4. The van der Waals surface area contributed by atoms with Gasteiger partial charge in [-0.3, -0.25) is 4.79 Å². The van der Waals surface area contributed by atoms with E-state index in [0.717, 1.165) is 24.6 Å². The predicted octanol–water partition coefficient (Wildman–Crippen LogP) is 2.49. The van der Waals surface area contributed by atoms with Crippen molar-refractivity contribution in [3.63, 3.8) is 0 Å². The number of benzene rings is 1. The van der Waals surface area contributed by atoms with E-state index in [-0.39, 0.29) is 5.91 Å². The molecule has 2 aromatic rings. The lowest BCUT2D eigenvalue weighted by Gasteiger charge is -2.32. The van der Waals surface area contributed by atoms with Gasteiger partial charge in [0.15, 0.2) is 6.54 Å². The summed E-state index contributed by atoms with van der Waals surface area (Å²) in [6.45, 7) is 2.59. The number of rotatable bonds is 7. The fourth-order valence-corrected chi connectivity index (χ4v) is 4.91. The van der Waals surface area contributed by atoms with Crippen LogP contribution in [0.2, 0.25) is 5.02 Å². The molecule has 1 amide bonds. The van der Waals surface area contributed by atoms with E-state index in [9.17, 15) is 4.79 Å². The third kappa shape index (κ3) is 4.22. The van der Waals surface area contributed by atoms with Crippen molar-refractivity contribution in [2.45, 2.75) is 25.3 Å². The summed E-state index contributed by atoms with van der Waals surface area (Å²) in [5.74, 6) is 1.65. The monoisotopic (exact) mass is 391 g/mol. The minimum atomic E-state index is 0.115. The Balaban J connectivity index is 1.25. The van der Waals surface area contributed by atoms with Crippen LogP contribution in [0.1, 0.15) is 29.3 Å². The second-order valence-electron chi connectivity index (χ2n) is 7.10. The highest BCUT2D eigenvalue weighted by atomic mass is 35.5. The van der Waals surface area contributed by atoms with Crippen LogP contribution in [0, 0.1) is 5.92 Å². The zero-order valence-corrected chi connectivity index (χ0v) is 16.2. The predicted molar refractivity (Wildman–Crippen MR) is 104 cm³/mol. The van der Waals surface area contributed by atoms with Crippen LogP contribution < -0.4 is 15.0 Å². The molecule has 0 radical (unpaired) electrons. The van der Waals surface area contributed by atoms with E-state index in [1.807, 2.05) is 23.5 Å². The highest BCUT2D eigenvalue weighted by molar-refractivity contribution is 7.10. The van der Waals surface area contributed by atoms with Crippen LogP contribution in [-0.2, 0) is 11.2 Å². The number of carbonyl (C=O) groups excluding carboxylic acids is 1. The van der Waals surface area contributed by atoms with Gasteiger partial charge in [-0.15, -0.1) is 11.3 Å². The molecule has 4 rings (SSSR count). The van der Waals surface area contributed by atoms with Crippen molar-refractivity contribution in [3.8, 4) is 5.75 Å². The zero-order valence-electron chi connectivity index (χ0n) is 14.7. The van der Waals surface area contributed by atoms with Crippen LogP contribution in [0.25, 0.3) is 0 Å². The number of halogens is 1. The molecule has 6 heteroatoms. The molecule has 0 bridgehead atoms. The highest BCUT2D eigenvalue weighted by Crippen LogP contribution is 2.42. The van der Waals surface area contributed by atoms with Crippen molar-refractivity contribution in [2.75, 3.05) is 26.2 Å². The smallest absolute Gasteiger partial charge is 0.275 e. The summed E-state index contributed by atoms with van der Waals surface area (Å²) >= 11 is 7.73. The Labute approximate surface area is 163 Å². The van der Waals surface area contributed by atoms with Crippen molar-refractivity contribution in [1.82, 2.24) is 5.32 Å². The summed E-state index contributed by atoms with van der Waals surface area (Å²) < 4.78 is 5.63. The summed E-state index contributed by atoms with van der Waals surface area (Å²) in [6.07, 6.45) is 3.71. The van der Waals surface area contributed by atoms with E-state index in [1.165, 1.54) is 28.2 Å². The molecule has 2 atom stereocenters. The molecule has 1 aromatic heterocycles. The van der Waals surface area contributed by atoms with Crippen LogP contribution in [0.15, 0.2) is 35.7 Å². The van der Waals surface area contributed by atoms with E-state index in [0.29, 0.717) is 30.8 Å². The lowest BCUT2D eigenvalue weighted by molar-refractivity contribution is -0.928. The van der Waals surface area contributed by atoms with E-state index in [4.69, 9.17) is 16.3 Å². The highest BCUT2D eigenvalue weighted by Gasteiger charge is 2.43. The molecular weight excluding hydrogens is 368 g/mol. The molecule has 2 heterocycles. The number of nitrogens with one attached hydrogen (secondary N) is 2. The third-order valence-electron chi connectivity index (χ3n) is 5.22. The van der Waals surface area contributed by atoms with E-state index in [1.54, 1.807) is 12.1 Å². The largest absolute Gasteiger partial charge is 0.492 e. The molecule has 0 saturated heterocycles. The number of amides is 1. The lowest BCUT2D eigenvalue weighted by atomic mass is 9.96. The van der Waals surface area contributed by atoms with Crippen LogP contribution >= 0.6 is 22.9 Å². The number of thiophene rings is 1. The second kappa shape index (κ2) is 7.99. The summed E-state index contributed by atoms with van der Waals surface area (Å²) in [7, 11) is 0. The maximum absolute atomic E-state index is 12.4. The summed E-state index contributed by atoms with van der Waals surface area (Å²) in [6, 6.07) is 10.1. The van der Waals surface area contributed by atoms with Crippen molar-refractivity contribution in [2.24, 2.45) is 5.92 Å². The number of fused-ring (bicyclic) bond motifs is 1. The average Bonchev–Trinajstić information content (AvgIpc) is 3.36. The van der Waals surface area contributed by atoms with Gasteiger partial charge in [-0.2, -0.15) is 0 Å². The van der Waals surface area contributed by atoms with Crippen molar-refractivity contribution in [3.05, 3.63) is 51.2 Å². The fraction of sp³-hybridized carbons (Fsp3) is 0.450. The molecule has 1 aliphatic heterocycles. The van der Waals surface area contributed by atoms with Crippen LogP contribution in [0.5, 0.6) is 5.75 Å². The average molecular weight is 392 g/mol. The molecule has 26 heavy (non-hydrogen) atoms. The van der Waals surface area contributed by atoms with Crippen LogP contribution in [-0.4, -0.2) is 32.1 Å². The molecule has 1 saturated carbocycles. The van der Waals surface area contributed by atoms with Crippen molar-refractivity contribution < 1.29 is 14.4 Å². The standard InChI is InChI=1S/C20H23ClN2O2S/c21-15-3-5-16(6-4-15)25-11-9-22-19(24)13-23-10-7-18-17(8-12-26-18)20(23)14-1-2-14/h3-6,8,12,14,20H,1-2,7,9-11,13H2,(H,22,24)/p+1/t20-/m0/s1. The molecule has 1 aliphatic carbocycles. The minimum absolute atomic E-state index is 0.115. The number of quaternary nitrogens is 1. The van der Waals surface area contributed by atoms with Gasteiger partial charge >= 0.3 is 0 Å². The first kappa shape index (κ1) is 17.8. The van der Waals surface area contributed by atoms with E-state index in [2.05, 4.69) is 16.8 Å². The molecule has 0 spiro atoms. The number of hydrogen-bond donors (Lipinski definition) is 2. The Hall–Kier alpha value is -1.56.